The fraction of sp³-hybridized carbons (Fsp3) is 0.538. The Hall–Kier alpha value is -1.66. The molecule has 1 aliphatic rings. The van der Waals surface area contributed by atoms with Crippen molar-refractivity contribution >= 4 is 11.7 Å². The number of nitrogens with zero attached hydrogens (tertiary/aromatic N) is 2. The molecule has 0 spiro atoms. The number of aromatic nitrogens is 1. The number of carboxylic acids is 1. The molecular formula is C13H19N3O3. The Bertz CT molecular complexity index is 419. The number of morpholine rings is 1. The Labute approximate surface area is 112 Å². The number of hydrogen-bond donors (Lipinski definition) is 2. The second kappa shape index (κ2) is 7.06. The molecular weight excluding hydrogens is 246 g/mol. The number of ether oxygens (including phenoxy) is 1. The van der Waals surface area contributed by atoms with Gasteiger partial charge in [0.05, 0.1) is 30.7 Å². The van der Waals surface area contributed by atoms with Crippen LogP contribution in [0.5, 0.6) is 0 Å². The molecule has 2 heterocycles. The average Bonchev–Trinajstić information content (AvgIpc) is 2.45. The highest BCUT2D eigenvalue weighted by Crippen LogP contribution is 2.13. The highest BCUT2D eigenvalue weighted by atomic mass is 16.5. The van der Waals surface area contributed by atoms with Crippen molar-refractivity contribution in [2.75, 3.05) is 44.7 Å². The molecule has 0 aliphatic carbocycles. The van der Waals surface area contributed by atoms with E-state index in [-0.39, 0.29) is 5.56 Å². The van der Waals surface area contributed by atoms with Gasteiger partial charge in [-0.15, -0.1) is 0 Å². The van der Waals surface area contributed by atoms with Gasteiger partial charge in [0.2, 0.25) is 0 Å². The SMILES string of the molecule is O=C(O)c1ccncc1NCCCN1CCOCC1. The van der Waals surface area contributed by atoms with Gasteiger partial charge in [0, 0.05) is 25.8 Å². The highest BCUT2D eigenvalue weighted by molar-refractivity contribution is 5.93. The Morgan fingerprint density at radius 2 is 2.26 bits per heavy atom. The van der Waals surface area contributed by atoms with Crippen molar-refractivity contribution in [3.05, 3.63) is 24.0 Å². The lowest BCUT2D eigenvalue weighted by molar-refractivity contribution is 0.0378. The molecule has 0 saturated carbocycles. The van der Waals surface area contributed by atoms with Crippen LogP contribution in [0.2, 0.25) is 0 Å². The molecule has 0 radical (unpaired) electrons. The lowest BCUT2D eigenvalue weighted by Crippen LogP contribution is -2.37. The van der Waals surface area contributed by atoms with Crippen molar-refractivity contribution in [1.82, 2.24) is 9.88 Å². The van der Waals surface area contributed by atoms with E-state index in [0.29, 0.717) is 5.69 Å². The molecule has 2 rings (SSSR count). The zero-order valence-corrected chi connectivity index (χ0v) is 10.8. The molecule has 1 aliphatic heterocycles. The molecule has 2 N–H and O–H groups in total. The fourth-order valence-corrected chi connectivity index (χ4v) is 2.07. The van der Waals surface area contributed by atoms with E-state index in [9.17, 15) is 4.79 Å². The molecule has 0 bridgehead atoms. The van der Waals surface area contributed by atoms with Gasteiger partial charge in [0.1, 0.15) is 0 Å². The topological polar surface area (TPSA) is 74.7 Å². The molecule has 0 unspecified atom stereocenters. The summed E-state index contributed by atoms with van der Waals surface area (Å²) in [4.78, 5) is 17.3. The molecule has 19 heavy (non-hydrogen) atoms. The number of aromatic carboxylic acids is 1. The van der Waals surface area contributed by atoms with E-state index in [1.54, 1.807) is 6.20 Å². The monoisotopic (exact) mass is 265 g/mol. The Kier molecular flexibility index (Phi) is 5.11. The van der Waals surface area contributed by atoms with Gasteiger partial charge in [-0.3, -0.25) is 9.88 Å². The maximum Gasteiger partial charge on any atom is 0.337 e. The minimum Gasteiger partial charge on any atom is -0.478 e. The van der Waals surface area contributed by atoms with Gasteiger partial charge < -0.3 is 15.2 Å². The lowest BCUT2D eigenvalue weighted by atomic mass is 10.2. The second-order valence-corrected chi connectivity index (χ2v) is 4.46. The number of rotatable bonds is 6. The molecule has 6 nitrogen and oxygen atoms in total. The van der Waals surface area contributed by atoms with Crippen LogP contribution in [-0.2, 0) is 4.74 Å². The molecule has 0 atom stereocenters. The van der Waals surface area contributed by atoms with E-state index in [1.807, 2.05) is 0 Å². The summed E-state index contributed by atoms with van der Waals surface area (Å²) in [5.41, 5.74) is 0.846. The van der Waals surface area contributed by atoms with Crippen molar-refractivity contribution in [3.63, 3.8) is 0 Å². The van der Waals surface area contributed by atoms with Crippen LogP contribution in [0, 0.1) is 0 Å². The van der Waals surface area contributed by atoms with E-state index in [4.69, 9.17) is 9.84 Å². The van der Waals surface area contributed by atoms with E-state index in [1.165, 1.54) is 12.3 Å². The summed E-state index contributed by atoms with van der Waals surface area (Å²) in [6, 6.07) is 1.51. The third-order valence-corrected chi connectivity index (χ3v) is 3.12. The predicted octanol–water partition coefficient (Wildman–Crippen LogP) is 0.914. The molecule has 6 heteroatoms. The van der Waals surface area contributed by atoms with Crippen LogP contribution in [0.25, 0.3) is 0 Å². The summed E-state index contributed by atoms with van der Waals surface area (Å²) in [7, 11) is 0. The maximum absolute atomic E-state index is 11.0. The Balaban J connectivity index is 1.74. The summed E-state index contributed by atoms with van der Waals surface area (Å²) in [5, 5.41) is 12.2. The molecule has 1 saturated heterocycles. The van der Waals surface area contributed by atoms with Gasteiger partial charge in [-0.2, -0.15) is 0 Å². The Morgan fingerprint density at radius 1 is 1.47 bits per heavy atom. The van der Waals surface area contributed by atoms with Gasteiger partial charge in [-0.1, -0.05) is 0 Å². The third-order valence-electron chi connectivity index (χ3n) is 3.12. The summed E-state index contributed by atoms with van der Waals surface area (Å²) in [5.74, 6) is -0.932. The fourth-order valence-electron chi connectivity index (χ4n) is 2.07. The maximum atomic E-state index is 11.0. The minimum absolute atomic E-state index is 0.265. The van der Waals surface area contributed by atoms with E-state index >= 15 is 0 Å². The van der Waals surface area contributed by atoms with Crippen molar-refractivity contribution in [2.45, 2.75) is 6.42 Å². The molecule has 1 fully saturated rings. The predicted molar refractivity (Wildman–Crippen MR) is 71.6 cm³/mol. The molecule has 104 valence electrons. The van der Waals surface area contributed by atoms with E-state index < -0.39 is 5.97 Å². The van der Waals surface area contributed by atoms with Crippen LogP contribution in [0.15, 0.2) is 18.5 Å². The minimum atomic E-state index is -0.932. The zero-order valence-electron chi connectivity index (χ0n) is 10.8. The number of carbonyl (C=O) groups is 1. The van der Waals surface area contributed by atoms with Gasteiger partial charge in [0.25, 0.3) is 0 Å². The first-order valence-corrected chi connectivity index (χ1v) is 6.48. The first-order chi connectivity index (χ1) is 9.27. The van der Waals surface area contributed by atoms with Crippen LogP contribution in [0.1, 0.15) is 16.8 Å². The molecule has 1 aromatic rings. The van der Waals surface area contributed by atoms with Gasteiger partial charge >= 0.3 is 5.97 Å². The average molecular weight is 265 g/mol. The van der Waals surface area contributed by atoms with Crippen LogP contribution in [0.4, 0.5) is 5.69 Å². The van der Waals surface area contributed by atoms with Gasteiger partial charge in [0.15, 0.2) is 0 Å². The van der Waals surface area contributed by atoms with Gasteiger partial charge in [-0.25, -0.2) is 4.79 Å². The summed E-state index contributed by atoms with van der Waals surface area (Å²) >= 11 is 0. The molecule has 1 aromatic heterocycles. The van der Waals surface area contributed by atoms with Crippen LogP contribution in [0.3, 0.4) is 0 Å². The van der Waals surface area contributed by atoms with Crippen molar-refractivity contribution in [1.29, 1.82) is 0 Å². The highest BCUT2D eigenvalue weighted by Gasteiger charge is 2.11. The normalized spacial score (nSPS) is 16.2. The quantitative estimate of drug-likeness (QED) is 0.745. The largest absolute Gasteiger partial charge is 0.478 e. The van der Waals surface area contributed by atoms with Crippen molar-refractivity contribution < 1.29 is 14.6 Å². The van der Waals surface area contributed by atoms with Gasteiger partial charge in [-0.05, 0) is 19.0 Å². The van der Waals surface area contributed by atoms with E-state index in [2.05, 4.69) is 15.2 Å². The van der Waals surface area contributed by atoms with Crippen LogP contribution >= 0.6 is 0 Å². The zero-order chi connectivity index (χ0) is 13.5. The molecule has 0 aromatic carbocycles. The summed E-state index contributed by atoms with van der Waals surface area (Å²) in [6.45, 7) is 5.31. The standard InChI is InChI=1S/C13H19N3O3/c17-13(18)11-2-4-14-10-12(11)15-3-1-5-16-6-8-19-9-7-16/h2,4,10,15H,1,3,5-9H2,(H,17,18). The summed E-state index contributed by atoms with van der Waals surface area (Å²) < 4.78 is 5.29. The van der Waals surface area contributed by atoms with Crippen molar-refractivity contribution in [2.24, 2.45) is 0 Å². The van der Waals surface area contributed by atoms with Crippen LogP contribution in [-0.4, -0.2) is 60.4 Å². The number of carboxylic acid groups (broad SMARTS) is 1. The van der Waals surface area contributed by atoms with Crippen LogP contribution < -0.4 is 5.32 Å². The van der Waals surface area contributed by atoms with E-state index in [0.717, 1.165) is 45.8 Å². The lowest BCUT2D eigenvalue weighted by Gasteiger charge is -2.26. The number of hydrogen-bond acceptors (Lipinski definition) is 5. The third kappa shape index (κ3) is 4.18. The first kappa shape index (κ1) is 13.8. The van der Waals surface area contributed by atoms with Crippen molar-refractivity contribution in [3.8, 4) is 0 Å². The number of pyridine rings is 1. The first-order valence-electron chi connectivity index (χ1n) is 6.48. The number of nitrogens with one attached hydrogen (secondary N) is 1. The number of anilines is 1. The molecule has 0 amide bonds. The smallest absolute Gasteiger partial charge is 0.337 e. The Morgan fingerprint density at radius 3 is 3.00 bits per heavy atom. The summed E-state index contributed by atoms with van der Waals surface area (Å²) in [6.07, 6.45) is 4.01. The second-order valence-electron chi connectivity index (χ2n) is 4.46.